The van der Waals surface area contributed by atoms with Crippen molar-refractivity contribution in [3.8, 4) is 5.75 Å². The lowest BCUT2D eigenvalue weighted by Gasteiger charge is -2.25. The first-order chi connectivity index (χ1) is 8.13. The van der Waals surface area contributed by atoms with Crippen LogP contribution in [0.2, 0.25) is 0 Å². The van der Waals surface area contributed by atoms with Crippen molar-refractivity contribution in [2.75, 3.05) is 27.0 Å². The van der Waals surface area contributed by atoms with Crippen LogP contribution in [0.4, 0.5) is 0 Å². The molecule has 0 aliphatic rings. The molecule has 0 N–H and O–H groups in total. The molecular formula is C14H23NOS. The van der Waals surface area contributed by atoms with Crippen molar-refractivity contribution >= 4 is 12.6 Å². The Labute approximate surface area is 110 Å². The van der Waals surface area contributed by atoms with Gasteiger partial charge in [-0.25, -0.2) is 0 Å². The monoisotopic (exact) mass is 253 g/mol. The first-order valence-electron chi connectivity index (χ1n) is 6.08. The average molecular weight is 253 g/mol. The molecule has 1 aromatic rings. The van der Waals surface area contributed by atoms with E-state index in [9.17, 15) is 0 Å². The lowest BCUT2D eigenvalue weighted by Crippen LogP contribution is -2.20. The molecule has 0 aliphatic carbocycles. The number of thiol groups is 1. The number of hydrogen-bond donors (Lipinski definition) is 1. The zero-order valence-corrected chi connectivity index (χ0v) is 12.1. The summed E-state index contributed by atoms with van der Waals surface area (Å²) in [5.41, 5.74) is 2.62. The second-order valence-corrected chi connectivity index (χ2v) is 4.86. The molecule has 0 bridgehead atoms. The number of methoxy groups -OCH3 is 1. The molecule has 0 aromatic heterocycles. The van der Waals surface area contributed by atoms with Gasteiger partial charge in [-0.15, -0.1) is 0 Å². The SMILES string of the molecule is CCc1cc(C(CCS)N(C)C)ccc1OC. The van der Waals surface area contributed by atoms with E-state index in [2.05, 4.69) is 56.7 Å². The first kappa shape index (κ1) is 14.4. The normalized spacial score (nSPS) is 12.8. The minimum atomic E-state index is 0.434. The number of rotatable bonds is 6. The molecule has 17 heavy (non-hydrogen) atoms. The van der Waals surface area contributed by atoms with Gasteiger partial charge in [0.1, 0.15) is 5.75 Å². The van der Waals surface area contributed by atoms with E-state index in [4.69, 9.17) is 4.74 Å². The molecule has 1 atom stereocenters. The van der Waals surface area contributed by atoms with Crippen LogP contribution >= 0.6 is 12.6 Å². The van der Waals surface area contributed by atoms with E-state index in [1.165, 1.54) is 11.1 Å². The van der Waals surface area contributed by atoms with E-state index in [1.807, 2.05) is 0 Å². The summed E-state index contributed by atoms with van der Waals surface area (Å²) >= 11 is 4.34. The van der Waals surface area contributed by atoms with Crippen LogP contribution < -0.4 is 4.74 Å². The standard InChI is InChI=1S/C14H23NOS/c1-5-11-10-12(6-7-14(11)16-4)13(8-9-17)15(2)3/h6-7,10,13,17H,5,8-9H2,1-4H3. The Morgan fingerprint density at radius 2 is 2.06 bits per heavy atom. The van der Waals surface area contributed by atoms with E-state index in [1.54, 1.807) is 7.11 Å². The van der Waals surface area contributed by atoms with Crippen LogP contribution in [0.25, 0.3) is 0 Å². The molecule has 1 aromatic carbocycles. The smallest absolute Gasteiger partial charge is 0.122 e. The van der Waals surface area contributed by atoms with E-state index in [-0.39, 0.29) is 0 Å². The predicted octanol–water partition coefficient (Wildman–Crippen LogP) is 3.18. The number of hydrogen-bond acceptors (Lipinski definition) is 3. The van der Waals surface area contributed by atoms with Crippen LogP contribution in [-0.2, 0) is 6.42 Å². The van der Waals surface area contributed by atoms with Gasteiger partial charge in [-0.2, -0.15) is 12.6 Å². The largest absolute Gasteiger partial charge is 0.496 e. The Morgan fingerprint density at radius 1 is 1.35 bits per heavy atom. The summed E-state index contributed by atoms with van der Waals surface area (Å²) < 4.78 is 5.36. The van der Waals surface area contributed by atoms with Gasteiger partial charge in [0.25, 0.3) is 0 Å². The summed E-state index contributed by atoms with van der Waals surface area (Å²) in [4.78, 5) is 2.25. The van der Waals surface area contributed by atoms with Gasteiger partial charge in [-0.05, 0) is 49.9 Å². The fourth-order valence-electron chi connectivity index (χ4n) is 2.13. The Kier molecular flexibility index (Phi) is 5.86. The molecule has 2 nitrogen and oxygen atoms in total. The molecular weight excluding hydrogens is 230 g/mol. The highest BCUT2D eigenvalue weighted by Crippen LogP contribution is 2.28. The molecule has 0 fully saturated rings. The van der Waals surface area contributed by atoms with Crippen LogP contribution in [-0.4, -0.2) is 31.9 Å². The number of ether oxygens (including phenoxy) is 1. The van der Waals surface area contributed by atoms with Crippen molar-refractivity contribution in [1.29, 1.82) is 0 Å². The highest BCUT2D eigenvalue weighted by molar-refractivity contribution is 7.80. The Balaban J connectivity index is 3.03. The molecule has 1 unspecified atom stereocenters. The first-order valence-corrected chi connectivity index (χ1v) is 6.71. The third kappa shape index (κ3) is 3.65. The Morgan fingerprint density at radius 3 is 2.53 bits per heavy atom. The van der Waals surface area contributed by atoms with Crippen molar-refractivity contribution in [2.24, 2.45) is 0 Å². The highest BCUT2D eigenvalue weighted by Gasteiger charge is 2.14. The predicted molar refractivity (Wildman–Crippen MR) is 77.3 cm³/mol. The topological polar surface area (TPSA) is 12.5 Å². The van der Waals surface area contributed by atoms with E-state index in [0.717, 1.165) is 24.3 Å². The lowest BCUT2D eigenvalue weighted by atomic mass is 9.99. The molecule has 3 heteroatoms. The summed E-state index contributed by atoms with van der Waals surface area (Å²) in [5.74, 6) is 1.88. The molecule has 96 valence electrons. The van der Waals surface area contributed by atoms with Gasteiger partial charge in [0, 0.05) is 6.04 Å². The Hall–Kier alpha value is -0.670. The fraction of sp³-hybridized carbons (Fsp3) is 0.571. The second-order valence-electron chi connectivity index (χ2n) is 4.42. The van der Waals surface area contributed by atoms with Crippen molar-refractivity contribution in [2.45, 2.75) is 25.8 Å². The van der Waals surface area contributed by atoms with Crippen LogP contribution in [0, 0.1) is 0 Å². The molecule has 1 rings (SSSR count). The van der Waals surface area contributed by atoms with Crippen molar-refractivity contribution < 1.29 is 4.74 Å². The summed E-state index contributed by atoms with van der Waals surface area (Å²) in [5, 5.41) is 0. The van der Waals surface area contributed by atoms with Gasteiger partial charge in [0.05, 0.1) is 7.11 Å². The van der Waals surface area contributed by atoms with Gasteiger partial charge in [-0.3, -0.25) is 0 Å². The zero-order valence-electron chi connectivity index (χ0n) is 11.2. The summed E-state index contributed by atoms with van der Waals surface area (Å²) in [6.07, 6.45) is 2.06. The highest BCUT2D eigenvalue weighted by atomic mass is 32.1. The quantitative estimate of drug-likeness (QED) is 0.782. The Bertz CT molecular complexity index is 352. The van der Waals surface area contributed by atoms with Crippen molar-refractivity contribution in [3.05, 3.63) is 29.3 Å². The molecule has 0 heterocycles. The molecule has 0 saturated heterocycles. The maximum absolute atomic E-state index is 5.36. The van der Waals surface area contributed by atoms with Crippen LogP contribution in [0.1, 0.15) is 30.5 Å². The van der Waals surface area contributed by atoms with E-state index in [0.29, 0.717) is 6.04 Å². The second kappa shape index (κ2) is 6.92. The summed E-state index contributed by atoms with van der Waals surface area (Å²) in [6.45, 7) is 2.16. The fourth-order valence-corrected chi connectivity index (χ4v) is 2.37. The molecule has 0 amide bonds. The van der Waals surface area contributed by atoms with Gasteiger partial charge in [0.2, 0.25) is 0 Å². The van der Waals surface area contributed by atoms with Gasteiger partial charge in [-0.1, -0.05) is 19.1 Å². The van der Waals surface area contributed by atoms with Crippen molar-refractivity contribution in [3.63, 3.8) is 0 Å². The summed E-state index contributed by atoms with van der Waals surface area (Å²) in [6, 6.07) is 6.92. The minimum absolute atomic E-state index is 0.434. The van der Waals surface area contributed by atoms with Crippen LogP contribution in [0.15, 0.2) is 18.2 Å². The van der Waals surface area contributed by atoms with E-state index < -0.39 is 0 Å². The minimum Gasteiger partial charge on any atom is -0.496 e. The third-order valence-electron chi connectivity index (χ3n) is 3.10. The maximum atomic E-state index is 5.36. The zero-order chi connectivity index (χ0) is 12.8. The van der Waals surface area contributed by atoms with Crippen LogP contribution in [0.5, 0.6) is 5.75 Å². The third-order valence-corrected chi connectivity index (χ3v) is 3.35. The molecule has 0 spiro atoms. The molecule has 0 aliphatic heterocycles. The van der Waals surface area contributed by atoms with E-state index >= 15 is 0 Å². The average Bonchev–Trinajstić information content (AvgIpc) is 2.34. The van der Waals surface area contributed by atoms with Gasteiger partial charge in [0.15, 0.2) is 0 Å². The number of benzene rings is 1. The summed E-state index contributed by atoms with van der Waals surface area (Å²) in [7, 11) is 5.96. The van der Waals surface area contributed by atoms with Crippen molar-refractivity contribution in [1.82, 2.24) is 4.90 Å². The molecule has 0 saturated carbocycles. The number of aryl methyl sites for hydroxylation is 1. The van der Waals surface area contributed by atoms with Gasteiger partial charge < -0.3 is 9.64 Å². The number of nitrogens with zero attached hydrogens (tertiary/aromatic N) is 1. The molecule has 0 radical (unpaired) electrons. The van der Waals surface area contributed by atoms with Gasteiger partial charge >= 0.3 is 0 Å². The van der Waals surface area contributed by atoms with Crippen LogP contribution in [0.3, 0.4) is 0 Å². The lowest BCUT2D eigenvalue weighted by molar-refractivity contribution is 0.293. The maximum Gasteiger partial charge on any atom is 0.122 e.